The molecule has 0 radical (unpaired) electrons. The van der Waals surface area contributed by atoms with Crippen molar-refractivity contribution in [1.29, 1.82) is 0 Å². The molecule has 0 saturated carbocycles. The second-order valence-electron chi connectivity index (χ2n) is 5.09. The number of rotatable bonds is 2. The third kappa shape index (κ3) is 2.28. The molecule has 0 fully saturated rings. The van der Waals surface area contributed by atoms with Crippen LogP contribution < -0.4 is 0 Å². The zero-order chi connectivity index (χ0) is 12.5. The van der Waals surface area contributed by atoms with Crippen molar-refractivity contribution in [1.82, 2.24) is 10.2 Å². The molecule has 17 heavy (non-hydrogen) atoms. The van der Waals surface area contributed by atoms with Crippen LogP contribution in [0.5, 0.6) is 0 Å². The minimum absolute atomic E-state index is 0.0308. The van der Waals surface area contributed by atoms with E-state index in [0.717, 1.165) is 5.56 Å². The zero-order valence-electron chi connectivity index (χ0n) is 10.3. The molecule has 0 spiro atoms. The minimum Gasteiger partial charge on any atom is -0.287 e. The van der Waals surface area contributed by atoms with Gasteiger partial charge in [0.2, 0.25) is 5.78 Å². The smallest absolute Gasteiger partial charge is 0.213 e. The maximum atomic E-state index is 12.3. The van der Waals surface area contributed by atoms with Crippen molar-refractivity contribution in [2.45, 2.75) is 26.2 Å². The minimum atomic E-state index is -0.0905. The maximum Gasteiger partial charge on any atom is 0.213 e. The van der Waals surface area contributed by atoms with E-state index in [-0.39, 0.29) is 11.2 Å². The topological polar surface area (TPSA) is 45.8 Å². The molecular formula is C14H16N2O. The molecule has 1 N–H and O–H groups in total. The number of hydrogen-bond donors (Lipinski definition) is 1. The highest BCUT2D eigenvalue weighted by molar-refractivity contribution is 6.08. The highest BCUT2D eigenvalue weighted by atomic mass is 16.1. The monoisotopic (exact) mass is 228 g/mol. The Labute approximate surface area is 101 Å². The Morgan fingerprint density at radius 3 is 2.41 bits per heavy atom. The van der Waals surface area contributed by atoms with Crippen molar-refractivity contribution in [3.63, 3.8) is 0 Å². The highest BCUT2D eigenvalue weighted by Gasteiger charge is 2.24. The molecule has 0 bridgehead atoms. The molecule has 0 unspecified atom stereocenters. The van der Waals surface area contributed by atoms with Crippen molar-refractivity contribution < 1.29 is 4.79 Å². The molecule has 0 aliphatic carbocycles. The zero-order valence-corrected chi connectivity index (χ0v) is 10.3. The van der Waals surface area contributed by atoms with Gasteiger partial charge in [0.25, 0.3) is 0 Å². The predicted molar refractivity (Wildman–Crippen MR) is 67.2 cm³/mol. The van der Waals surface area contributed by atoms with Gasteiger partial charge in [-0.05, 0) is 5.41 Å². The molecule has 0 aliphatic heterocycles. The lowest BCUT2D eigenvalue weighted by Crippen LogP contribution is -2.16. The average molecular weight is 228 g/mol. The van der Waals surface area contributed by atoms with E-state index in [1.54, 1.807) is 6.20 Å². The standard InChI is InChI=1S/C14H16N2O/c1-14(2,3)11-9-15-16-12(11)13(17)10-7-5-4-6-8-10/h4-9H,1-3H3,(H,15,16). The Morgan fingerprint density at radius 2 is 1.82 bits per heavy atom. The van der Waals surface area contributed by atoms with Gasteiger partial charge >= 0.3 is 0 Å². The Bertz CT molecular complexity index is 521. The number of ketones is 1. The van der Waals surface area contributed by atoms with E-state index < -0.39 is 0 Å². The number of carbonyl (C=O) groups excluding carboxylic acids is 1. The van der Waals surface area contributed by atoms with E-state index in [2.05, 4.69) is 31.0 Å². The lowest BCUT2D eigenvalue weighted by atomic mass is 9.86. The number of aromatic nitrogens is 2. The van der Waals surface area contributed by atoms with Gasteiger partial charge in [-0.15, -0.1) is 0 Å². The van der Waals surface area contributed by atoms with Crippen LogP contribution in [-0.4, -0.2) is 16.0 Å². The molecule has 0 atom stereocenters. The van der Waals surface area contributed by atoms with Gasteiger partial charge in [0.05, 0.1) is 0 Å². The summed E-state index contributed by atoms with van der Waals surface area (Å²) in [6.45, 7) is 6.21. The fourth-order valence-corrected chi connectivity index (χ4v) is 1.76. The normalized spacial score (nSPS) is 11.5. The average Bonchev–Trinajstić information content (AvgIpc) is 2.78. The number of nitrogens with one attached hydrogen (secondary N) is 1. The summed E-state index contributed by atoms with van der Waals surface area (Å²) in [6.07, 6.45) is 1.80. The molecule has 0 aliphatic rings. The second kappa shape index (κ2) is 4.17. The number of benzene rings is 1. The molecule has 3 nitrogen and oxygen atoms in total. The molecule has 3 heteroatoms. The molecule has 1 aromatic heterocycles. The lowest BCUT2D eigenvalue weighted by molar-refractivity contribution is 0.103. The first-order valence-corrected chi connectivity index (χ1v) is 5.64. The predicted octanol–water partition coefficient (Wildman–Crippen LogP) is 2.94. The van der Waals surface area contributed by atoms with Crippen LogP contribution in [0.25, 0.3) is 0 Å². The highest BCUT2D eigenvalue weighted by Crippen LogP contribution is 2.25. The van der Waals surface area contributed by atoms with Gasteiger partial charge in [-0.2, -0.15) is 5.10 Å². The maximum absolute atomic E-state index is 12.3. The van der Waals surface area contributed by atoms with Gasteiger partial charge in [0, 0.05) is 17.3 Å². The fraction of sp³-hybridized carbons (Fsp3) is 0.286. The van der Waals surface area contributed by atoms with Crippen LogP contribution in [0.1, 0.15) is 42.4 Å². The van der Waals surface area contributed by atoms with Crippen LogP contribution in [0.15, 0.2) is 36.5 Å². The Kier molecular flexibility index (Phi) is 2.84. The van der Waals surface area contributed by atoms with Crippen LogP contribution >= 0.6 is 0 Å². The summed E-state index contributed by atoms with van der Waals surface area (Å²) in [7, 11) is 0. The molecule has 2 aromatic rings. The Balaban J connectivity index is 2.43. The van der Waals surface area contributed by atoms with E-state index >= 15 is 0 Å². The van der Waals surface area contributed by atoms with Crippen molar-refractivity contribution in [2.75, 3.05) is 0 Å². The largest absolute Gasteiger partial charge is 0.287 e. The van der Waals surface area contributed by atoms with Crippen molar-refractivity contribution in [2.24, 2.45) is 0 Å². The molecule has 2 rings (SSSR count). The first-order chi connectivity index (χ1) is 8.00. The first-order valence-electron chi connectivity index (χ1n) is 5.64. The molecule has 0 amide bonds. The van der Waals surface area contributed by atoms with E-state index in [0.29, 0.717) is 11.3 Å². The van der Waals surface area contributed by atoms with Crippen molar-refractivity contribution >= 4 is 5.78 Å². The first kappa shape index (κ1) is 11.6. The summed E-state index contributed by atoms with van der Waals surface area (Å²) in [5.74, 6) is -0.0308. The second-order valence-corrected chi connectivity index (χ2v) is 5.09. The lowest BCUT2D eigenvalue weighted by Gasteiger charge is -2.17. The number of nitrogens with zero attached hydrogens (tertiary/aromatic N) is 1. The fourth-order valence-electron chi connectivity index (χ4n) is 1.76. The van der Waals surface area contributed by atoms with Crippen molar-refractivity contribution in [3.8, 4) is 0 Å². The van der Waals surface area contributed by atoms with Crippen LogP contribution in [0.4, 0.5) is 0 Å². The van der Waals surface area contributed by atoms with E-state index in [4.69, 9.17) is 0 Å². The summed E-state index contributed by atoms with van der Waals surface area (Å²) in [4.78, 5) is 12.3. The van der Waals surface area contributed by atoms with Crippen LogP contribution in [0, 0.1) is 0 Å². The van der Waals surface area contributed by atoms with Gasteiger partial charge in [-0.1, -0.05) is 51.1 Å². The van der Waals surface area contributed by atoms with Gasteiger partial charge in [-0.25, -0.2) is 0 Å². The number of carbonyl (C=O) groups is 1. The Morgan fingerprint density at radius 1 is 1.18 bits per heavy atom. The number of hydrogen-bond acceptors (Lipinski definition) is 2. The van der Waals surface area contributed by atoms with Crippen LogP contribution in [0.3, 0.4) is 0 Å². The SMILES string of the molecule is CC(C)(C)c1c[nH]nc1C(=O)c1ccccc1. The van der Waals surface area contributed by atoms with Gasteiger partial charge < -0.3 is 0 Å². The quantitative estimate of drug-likeness (QED) is 0.803. The molecule has 1 aromatic carbocycles. The van der Waals surface area contributed by atoms with Crippen LogP contribution in [-0.2, 0) is 5.41 Å². The molecular weight excluding hydrogens is 212 g/mol. The van der Waals surface area contributed by atoms with E-state index in [1.165, 1.54) is 0 Å². The summed E-state index contributed by atoms with van der Waals surface area (Å²) in [6, 6.07) is 9.23. The summed E-state index contributed by atoms with van der Waals surface area (Å²) in [5.41, 5.74) is 2.05. The molecule has 0 saturated heterocycles. The molecule has 1 heterocycles. The summed E-state index contributed by atoms with van der Waals surface area (Å²) < 4.78 is 0. The number of H-pyrrole nitrogens is 1. The van der Waals surface area contributed by atoms with Gasteiger partial charge in [0.15, 0.2) is 0 Å². The summed E-state index contributed by atoms with van der Waals surface area (Å²) >= 11 is 0. The summed E-state index contributed by atoms with van der Waals surface area (Å²) in [5, 5.41) is 6.87. The molecule has 88 valence electrons. The van der Waals surface area contributed by atoms with Crippen LogP contribution in [0.2, 0.25) is 0 Å². The van der Waals surface area contributed by atoms with E-state index in [1.807, 2.05) is 30.3 Å². The Hall–Kier alpha value is -1.90. The third-order valence-corrected chi connectivity index (χ3v) is 2.70. The van der Waals surface area contributed by atoms with Crippen molar-refractivity contribution in [3.05, 3.63) is 53.3 Å². The third-order valence-electron chi connectivity index (χ3n) is 2.70. The van der Waals surface area contributed by atoms with Gasteiger partial charge in [0.1, 0.15) is 5.69 Å². The number of aromatic amines is 1. The van der Waals surface area contributed by atoms with E-state index in [9.17, 15) is 4.79 Å². The van der Waals surface area contributed by atoms with Gasteiger partial charge in [-0.3, -0.25) is 9.89 Å².